The van der Waals surface area contributed by atoms with E-state index in [0.717, 1.165) is 25.3 Å². The second kappa shape index (κ2) is 5.54. The van der Waals surface area contributed by atoms with Gasteiger partial charge in [-0.15, -0.1) is 0 Å². The summed E-state index contributed by atoms with van der Waals surface area (Å²) in [6, 6.07) is 6.07. The maximum absolute atomic E-state index is 10.1. The molecule has 0 aliphatic heterocycles. The molecule has 2 unspecified atom stereocenters. The Balaban J connectivity index is 1.96. The van der Waals surface area contributed by atoms with E-state index in [9.17, 15) is 5.11 Å². The van der Waals surface area contributed by atoms with E-state index in [4.69, 9.17) is 5.73 Å². The van der Waals surface area contributed by atoms with Crippen molar-refractivity contribution in [3.8, 4) is 5.75 Å². The first kappa shape index (κ1) is 13.0. The van der Waals surface area contributed by atoms with Crippen LogP contribution in [0.2, 0.25) is 0 Å². The predicted octanol–water partition coefficient (Wildman–Crippen LogP) is 3.58. The van der Waals surface area contributed by atoms with E-state index < -0.39 is 0 Å². The van der Waals surface area contributed by atoms with E-state index in [1.165, 1.54) is 43.2 Å². The van der Waals surface area contributed by atoms with E-state index in [0.29, 0.717) is 17.6 Å². The monoisotopic (exact) mass is 259 g/mol. The molecule has 0 amide bonds. The lowest BCUT2D eigenvalue weighted by Crippen LogP contribution is -2.32. The lowest BCUT2D eigenvalue weighted by molar-refractivity contribution is 0.225. The number of rotatable bonds is 2. The van der Waals surface area contributed by atoms with Crippen LogP contribution in [0.1, 0.15) is 55.6 Å². The molecule has 0 heterocycles. The summed E-state index contributed by atoms with van der Waals surface area (Å²) in [6.07, 6.45) is 8.95. The van der Waals surface area contributed by atoms with Gasteiger partial charge in [-0.1, -0.05) is 31.4 Å². The second-order valence-electron chi connectivity index (χ2n) is 6.30. The molecule has 3 rings (SSSR count). The molecule has 0 aromatic heterocycles. The van der Waals surface area contributed by atoms with Crippen molar-refractivity contribution in [3.05, 3.63) is 29.3 Å². The van der Waals surface area contributed by atoms with Gasteiger partial charge in [-0.2, -0.15) is 0 Å². The highest BCUT2D eigenvalue weighted by Gasteiger charge is 2.35. The van der Waals surface area contributed by atoms with Gasteiger partial charge in [0.2, 0.25) is 0 Å². The Kier molecular flexibility index (Phi) is 3.79. The summed E-state index contributed by atoms with van der Waals surface area (Å²) in [5.74, 6) is 2.47. The van der Waals surface area contributed by atoms with Gasteiger partial charge in [0.15, 0.2) is 0 Å². The van der Waals surface area contributed by atoms with Crippen LogP contribution in [0, 0.1) is 11.8 Å². The first-order valence-electron chi connectivity index (χ1n) is 7.82. The highest BCUT2D eigenvalue weighted by Crippen LogP contribution is 2.47. The molecule has 3 N–H and O–H groups in total. The summed E-state index contributed by atoms with van der Waals surface area (Å²) in [5.41, 5.74) is 8.63. The molecule has 19 heavy (non-hydrogen) atoms. The number of benzene rings is 1. The van der Waals surface area contributed by atoms with Crippen LogP contribution in [-0.4, -0.2) is 11.7 Å². The largest absolute Gasteiger partial charge is 0.508 e. The molecular formula is C17H25NO. The Morgan fingerprint density at radius 1 is 1.11 bits per heavy atom. The van der Waals surface area contributed by atoms with Gasteiger partial charge < -0.3 is 10.8 Å². The Hall–Kier alpha value is -1.02. The average Bonchev–Trinajstić information content (AvgIpc) is 2.47. The van der Waals surface area contributed by atoms with Gasteiger partial charge in [0.05, 0.1) is 0 Å². The molecule has 2 nitrogen and oxygen atoms in total. The van der Waals surface area contributed by atoms with Crippen LogP contribution in [0.15, 0.2) is 18.2 Å². The minimum atomic E-state index is 0.494. The first-order chi connectivity index (χ1) is 9.31. The first-order valence-corrected chi connectivity index (χ1v) is 7.82. The molecule has 1 aromatic carbocycles. The fourth-order valence-corrected chi connectivity index (χ4v) is 4.34. The summed E-state index contributed by atoms with van der Waals surface area (Å²) in [6.45, 7) is 0.788. The fourth-order valence-electron chi connectivity index (χ4n) is 4.34. The third-order valence-electron chi connectivity index (χ3n) is 5.28. The van der Waals surface area contributed by atoms with Gasteiger partial charge >= 0.3 is 0 Å². The number of hydrogen-bond donors (Lipinski definition) is 2. The summed E-state index contributed by atoms with van der Waals surface area (Å²) in [4.78, 5) is 0. The second-order valence-corrected chi connectivity index (χ2v) is 6.30. The molecule has 2 aliphatic rings. The van der Waals surface area contributed by atoms with Crippen molar-refractivity contribution in [1.82, 2.24) is 0 Å². The van der Waals surface area contributed by atoms with Gasteiger partial charge in [0, 0.05) is 0 Å². The molecule has 1 fully saturated rings. The van der Waals surface area contributed by atoms with Crippen LogP contribution in [0.4, 0.5) is 0 Å². The van der Waals surface area contributed by atoms with E-state index in [2.05, 4.69) is 6.07 Å². The third kappa shape index (κ3) is 2.38. The van der Waals surface area contributed by atoms with E-state index >= 15 is 0 Å². The van der Waals surface area contributed by atoms with Crippen molar-refractivity contribution in [1.29, 1.82) is 0 Å². The van der Waals surface area contributed by atoms with Crippen LogP contribution in [0.5, 0.6) is 5.75 Å². The number of aromatic hydroxyl groups is 1. The van der Waals surface area contributed by atoms with Crippen LogP contribution < -0.4 is 5.73 Å². The topological polar surface area (TPSA) is 46.2 Å². The summed E-state index contributed by atoms with van der Waals surface area (Å²) in [5, 5.41) is 10.1. The van der Waals surface area contributed by atoms with Crippen molar-refractivity contribution in [2.75, 3.05) is 6.54 Å². The summed E-state index contributed by atoms with van der Waals surface area (Å²) in [7, 11) is 0. The van der Waals surface area contributed by atoms with Crippen molar-refractivity contribution in [3.63, 3.8) is 0 Å². The fraction of sp³-hybridized carbons (Fsp3) is 0.647. The molecule has 104 valence electrons. The van der Waals surface area contributed by atoms with Gasteiger partial charge in [0.25, 0.3) is 0 Å². The Labute approximate surface area is 116 Å². The van der Waals surface area contributed by atoms with Crippen molar-refractivity contribution in [2.24, 2.45) is 17.6 Å². The van der Waals surface area contributed by atoms with Crippen molar-refractivity contribution >= 4 is 0 Å². The summed E-state index contributed by atoms with van der Waals surface area (Å²) < 4.78 is 0. The molecule has 2 heteroatoms. The normalized spacial score (nSPS) is 28.1. The number of phenolic OH excluding ortho intramolecular Hbond substituents is 1. The van der Waals surface area contributed by atoms with Crippen LogP contribution in [0.25, 0.3) is 0 Å². The Morgan fingerprint density at radius 2 is 1.89 bits per heavy atom. The van der Waals surface area contributed by atoms with Gasteiger partial charge in [-0.25, -0.2) is 0 Å². The zero-order valence-electron chi connectivity index (χ0n) is 11.6. The SMILES string of the molecule is NCC1CCc2c(O)cccc2C1C1CCCCC1. The molecule has 0 bridgehead atoms. The molecule has 2 aliphatic carbocycles. The smallest absolute Gasteiger partial charge is 0.119 e. The molecule has 1 saturated carbocycles. The zero-order valence-corrected chi connectivity index (χ0v) is 11.6. The van der Waals surface area contributed by atoms with Crippen LogP contribution in [-0.2, 0) is 6.42 Å². The highest BCUT2D eigenvalue weighted by atomic mass is 16.3. The maximum atomic E-state index is 10.1. The third-order valence-corrected chi connectivity index (χ3v) is 5.28. The maximum Gasteiger partial charge on any atom is 0.119 e. The predicted molar refractivity (Wildman–Crippen MR) is 78.3 cm³/mol. The van der Waals surface area contributed by atoms with E-state index in [1.54, 1.807) is 0 Å². The molecule has 0 radical (unpaired) electrons. The molecule has 0 saturated heterocycles. The molecule has 2 atom stereocenters. The van der Waals surface area contributed by atoms with Crippen molar-refractivity contribution < 1.29 is 5.11 Å². The van der Waals surface area contributed by atoms with Crippen LogP contribution >= 0.6 is 0 Å². The summed E-state index contributed by atoms with van der Waals surface area (Å²) >= 11 is 0. The standard InChI is InChI=1S/C17H25NO/c18-11-13-9-10-14-15(7-4-8-16(14)19)17(13)12-5-2-1-3-6-12/h4,7-8,12-13,17,19H,1-3,5-6,9-11,18H2. The van der Waals surface area contributed by atoms with E-state index in [1.807, 2.05) is 12.1 Å². The van der Waals surface area contributed by atoms with E-state index in [-0.39, 0.29) is 0 Å². The van der Waals surface area contributed by atoms with Gasteiger partial charge in [-0.05, 0) is 67.2 Å². The lowest BCUT2D eigenvalue weighted by atomic mass is 9.65. The van der Waals surface area contributed by atoms with Gasteiger partial charge in [-0.3, -0.25) is 0 Å². The highest BCUT2D eigenvalue weighted by molar-refractivity contribution is 5.43. The molecular weight excluding hydrogens is 234 g/mol. The quantitative estimate of drug-likeness (QED) is 0.852. The Morgan fingerprint density at radius 3 is 2.63 bits per heavy atom. The molecule has 1 aromatic rings. The number of phenols is 1. The minimum absolute atomic E-state index is 0.494. The van der Waals surface area contributed by atoms with Crippen LogP contribution in [0.3, 0.4) is 0 Å². The minimum Gasteiger partial charge on any atom is -0.508 e. The lowest BCUT2D eigenvalue weighted by Gasteiger charge is -2.40. The zero-order chi connectivity index (χ0) is 13.2. The molecule has 0 spiro atoms. The number of fused-ring (bicyclic) bond motifs is 1. The van der Waals surface area contributed by atoms with Gasteiger partial charge in [0.1, 0.15) is 5.75 Å². The van der Waals surface area contributed by atoms with Crippen molar-refractivity contribution in [2.45, 2.75) is 50.9 Å². The number of nitrogens with two attached hydrogens (primary N) is 1. The average molecular weight is 259 g/mol. The Bertz CT molecular complexity index is 437. The number of hydrogen-bond acceptors (Lipinski definition) is 2.